The minimum Gasteiger partial charge on any atom is -0.368 e. The second-order valence-electron chi connectivity index (χ2n) is 5.84. The lowest BCUT2D eigenvalue weighted by Gasteiger charge is -2.11. The van der Waals surface area contributed by atoms with Gasteiger partial charge in [0, 0.05) is 17.9 Å². The molecule has 25 heavy (non-hydrogen) atoms. The standard InChI is InChI=1S/C16H19N3O5S/c1-10-11(2)18-24-16(10)19-25(21,22)13-7-5-12(6-8-13)17-15(20)14-4-3-9-23-14/h5-8,14,19H,3-4,9H2,1-2H3,(H,17,20). The molecule has 1 fully saturated rings. The van der Waals surface area contributed by atoms with Crippen molar-refractivity contribution < 1.29 is 22.5 Å². The van der Waals surface area contributed by atoms with Gasteiger partial charge in [-0.2, -0.15) is 0 Å². The summed E-state index contributed by atoms with van der Waals surface area (Å²) >= 11 is 0. The van der Waals surface area contributed by atoms with Crippen LogP contribution >= 0.6 is 0 Å². The van der Waals surface area contributed by atoms with Crippen LogP contribution in [0.4, 0.5) is 11.6 Å². The van der Waals surface area contributed by atoms with Gasteiger partial charge in [-0.25, -0.2) is 13.1 Å². The van der Waals surface area contributed by atoms with Crippen LogP contribution in [0, 0.1) is 13.8 Å². The summed E-state index contributed by atoms with van der Waals surface area (Å²) in [5.41, 5.74) is 1.75. The van der Waals surface area contributed by atoms with Crippen LogP contribution in [0.3, 0.4) is 0 Å². The Labute approximate surface area is 145 Å². The SMILES string of the molecule is Cc1noc(NS(=O)(=O)c2ccc(NC(=O)C3CCCO3)cc2)c1C. The minimum atomic E-state index is -3.80. The third-order valence-electron chi connectivity index (χ3n) is 4.04. The first-order chi connectivity index (χ1) is 11.9. The largest absolute Gasteiger partial charge is 0.368 e. The number of carbonyl (C=O) groups excluding carboxylic acids is 1. The zero-order valence-electron chi connectivity index (χ0n) is 13.9. The van der Waals surface area contributed by atoms with E-state index in [0.29, 0.717) is 30.0 Å². The molecule has 0 bridgehead atoms. The number of aryl methyl sites for hydroxylation is 1. The fourth-order valence-electron chi connectivity index (χ4n) is 2.42. The van der Waals surface area contributed by atoms with Crippen molar-refractivity contribution in [2.75, 3.05) is 16.6 Å². The minimum absolute atomic E-state index is 0.0519. The maximum Gasteiger partial charge on any atom is 0.264 e. The monoisotopic (exact) mass is 365 g/mol. The number of hydrogen-bond acceptors (Lipinski definition) is 6. The van der Waals surface area contributed by atoms with Gasteiger partial charge in [-0.05, 0) is 51.0 Å². The molecule has 0 spiro atoms. The number of sulfonamides is 1. The molecule has 1 aromatic carbocycles. The van der Waals surface area contributed by atoms with E-state index in [0.717, 1.165) is 6.42 Å². The van der Waals surface area contributed by atoms with E-state index in [-0.39, 0.29) is 16.7 Å². The number of ether oxygens (including phenoxy) is 1. The van der Waals surface area contributed by atoms with Crippen molar-refractivity contribution in [2.24, 2.45) is 0 Å². The highest BCUT2D eigenvalue weighted by Crippen LogP contribution is 2.23. The van der Waals surface area contributed by atoms with E-state index in [1.165, 1.54) is 24.3 Å². The van der Waals surface area contributed by atoms with E-state index in [1.807, 2.05) is 0 Å². The molecule has 1 amide bonds. The van der Waals surface area contributed by atoms with Crippen LogP contribution in [0.2, 0.25) is 0 Å². The van der Waals surface area contributed by atoms with Crippen LogP contribution in [0.1, 0.15) is 24.1 Å². The van der Waals surface area contributed by atoms with Gasteiger partial charge in [-0.15, -0.1) is 0 Å². The fourth-order valence-corrected chi connectivity index (χ4v) is 3.46. The quantitative estimate of drug-likeness (QED) is 0.840. The summed E-state index contributed by atoms with van der Waals surface area (Å²) in [5, 5.41) is 6.43. The van der Waals surface area contributed by atoms with Gasteiger partial charge in [0.2, 0.25) is 5.88 Å². The number of nitrogens with one attached hydrogen (secondary N) is 2. The Hall–Kier alpha value is -2.39. The lowest BCUT2D eigenvalue weighted by Crippen LogP contribution is -2.26. The zero-order valence-corrected chi connectivity index (χ0v) is 14.7. The summed E-state index contributed by atoms with van der Waals surface area (Å²) in [6, 6.07) is 5.87. The highest BCUT2D eigenvalue weighted by Gasteiger charge is 2.24. The number of aromatic nitrogens is 1. The Morgan fingerprint density at radius 1 is 1.24 bits per heavy atom. The predicted octanol–water partition coefficient (Wildman–Crippen LogP) is 2.21. The lowest BCUT2D eigenvalue weighted by atomic mass is 10.2. The van der Waals surface area contributed by atoms with Crippen LogP contribution < -0.4 is 10.0 Å². The number of amides is 1. The topological polar surface area (TPSA) is 111 Å². The smallest absolute Gasteiger partial charge is 0.264 e. The molecule has 1 aliphatic heterocycles. The first kappa shape index (κ1) is 17.4. The van der Waals surface area contributed by atoms with Gasteiger partial charge in [0.15, 0.2) is 0 Å². The molecule has 0 radical (unpaired) electrons. The Balaban J connectivity index is 1.70. The third-order valence-corrected chi connectivity index (χ3v) is 5.39. The zero-order chi connectivity index (χ0) is 18.0. The van der Waals surface area contributed by atoms with E-state index < -0.39 is 16.1 Å². The van der Waals surface area contributed by atoms with Crippen LogP contribution in [0.25, 0.3) is 0 Å². The van der Waals surface area contributed by atoms with Crippen molar-refractivity contribution in [2.45, 2.75) is 37.7 Å². The van der Waals surface area contributed by atoms with Gasteiger partial charge in [-0.1, -0.05) is 5.16 Å². The highest BCUT2D eigenvalue weighted by atomic mass is 32.2. The summed E-state index contributed by atoms with van der Waals surface area (Å²) in [5.74, 6) is -0.132. The molecule has 3 rings (SSSR count). The number of nitrogens with zero attached hydrogens (tertiary/aromatic N) is 1. The van der Waals surface area contributed by atoms with Crippen LogP contribution in [-0.2, 0) is 19.6 Å². The summed E-state index contributed by atoms with van der Waals surface area (Å²) in [6.07, 6.45) is 1.11. The normalized spacial score (nSPS) is 17.4. The second-order valence-corrected chi connectivity index (χ2v) is 7.53. The molecule has 1 aliphatic rings. The summed E-state index contributed by atoms with van der Waals surface area (Å²) in [6.45, 7) is 4.02. The van der Waals surface area contributed by atoms with E-state index in [1.54, 1.807) is 13.8 Å². The van der Waals surface area contributed by atoms with E-state index in [9.17, 15) is 13.2 Å². The molecule has 1 atom stereocenters. The van der Waals surface area contributed by atoms with Gasteiger partial charge in [0.05, 0.1) is 10.6 Å². The number of rotatable bonds is 5. The molecule has 8 nitrogen and oxygen atoms in total. The van der Waals surface area contributed by atoms with Crippen molar-refractivity contribution >= 4 is 27.5 Å². The average Bonchev–Trinajstić information content (AvgIpc) is 3.21. The maximum atomic E-state index is 12.4. The molecule has 1 unspecified atom stereocenters. The second kappa shape index (κ2) is 6.85. The molecule has 2 aromatic rings. The fraction of sp³-hybridized carbons (Fsp3) is 0.375. The van der Waals surface area contributed by atoms with Crippen LogP contribution in [0.5, 0.6) is 0 Å². The summed E-state index contributed by atoms with van der Waals surface area (Å²) < 4.78 is 37.4. The molecule has 134 valence electrons. The van der Waals surface area contributed by atoms with Crippen molar-refractivity contribution in [3.8, 4) is 0 Å². The number of carbonyl (C=O) groups is 1. The Bertz CT molecular complexity index is 868. The van der Waals surface area contributed by atoms with E-state index >= 15 is 0 Å². The molecular weight excluding hydrogens is 346 g/mol. The van der Waals surface area contributed by atoms with Gasteiger partial charge in [0.25, 0.3) is 15.9 Å². The Morgan fingerprint density at radius 3 is 2.52 bits per heavy atom. The molecule has 0 aliphatic carbocycles. The van der Waals surface area contributed by atoms with Gasteiger partial charge in [-0.3, -0.25) is 4.79 Å². The Kier molecular flexibility index (Phi) is 4.78. The van der Waals surface area contributed by atoms with Crippen molar-refractivity contribution in [3.63, 3.8) is 0 Å². The predicted molar refractivity (Wildman–Crippen MR) is 90.8 cm³/mol. The van der Waals surface area contributed by atoms with Gasteiger partial charge < -0.3 is 14.6 Å². The highest BCUT2D eigenvalue weighted by molar-refractivity contribution is 7.92. The molecular formula is C16H19N3O5S. The average molecular weight is 365 g/mol. The van der Waals surface area contributed by atoms with Crippen molar-refractivity contribution in [3.05, 3.63) is 35.5 Å². The first-order valence-electron chi connectivity index (χ1n) is 7.85. The number of benzene rings is 1. The molecule has 2 N–H and O–H groups in total. The van der Waals surface area contributed by atoms with Crippen molar-refractivity contribution in [1.82, 2.24) is 5.16 Å². The van der Waals surface area contributed by atoms with E-state index in [2.05, 4.69) is 15.2 Å². The number of hydrogen-bond donors (Lipinski definition) is 2. The first-order valence-corrected chi connectivity index (χ1v) is 9.33. The molecule has 1 aromatic heterocycles. The van der Waals surface area contributed by atoms with Crippen molar-refractivity contribution in [1.29, 1.82) is 0 Å². The van der Waals surface area contributed by atoms with Crippen LogP contribution in [-0.4, -0.2) is 32.2 Å². The molecule has 9 heteroatoms. The number of anilines is 2. The maximum absolute atomic E-state index is 12.4. The molecule has 2 heterocycles. The summed E-state index contributed by atoms with van der Waals surface area (Å²) in [7, 11) is -3.80. The van der Waals surface area contributed by atoms with Gasteiger partial charge in [0.1, 0.15) is 6.10 Å². The van der Waals surface area contributed by atoms with Gasteiger partial charge >= 0.3 is 0 Å². The summed E-state index contributed by atoms with van der Waals surface area (Å²) in [4.78, 5) is 12.0. The third kappa shape index (κ3) is 3.83. The lowest BCUT2D eigenvalue weighted by molar-refractivity contribution is -0.124. The van der Waals surface area contributed by atoms with Crippen LogP contribution in [0.15, 0.2) is 33.7 Å². The molecule has 0 saturated carbocycles. The Morgan fingerprint density at radius 2 is 1.96 bits per heavy atom. The van der Waals surface area contributed by atoms with E-state index in [4.69, 9.17) is 9.26 Å². The molecule has 1 saturated heterocycles.